The van der Waals surface area contributed by atoms with E-state index in [2.05, 4.69) is 20.0 Å². The van der Waals surface area contributed by atoms with Crippen LogP contribution in [0.25, 0.3) is 0 Å². The first-order chi connectivity index (χ1) is 15.2. The van der Waals surface area contributed by atoms with Gasteiger partial charge in [-0.05, 0) is 37.8 Å². The zero-order valence-electron chi connectivity index (χ0n) is 17.7. The summed E-state index contributed by atoms with van der Waals surface area (Å²) in [5.41, 5.74) is 0. The van der Waals surface area contributed by atoms with E-state index in [1.807, 2.05) is 28.0 Å². The van der Waals surface area contributed by atoms with Crippen molar-refractivity contribution in [2.45, 2.75) is 44.6 Å². The van der Waals surface area contributed by atoms with Crippen LogP contribution in [0.15, 0.2) is 28.9 Å². The van der Waals surface area contributed by atoms with Crippen molar-refractivity contribution in [3.8, 4) is 0 Å². The number of pyridine rings is 1. The van der Waals surface area contributed by atoms with E-state index in [-0.39, 0.29) is 23.8 Å². The summed E-state index contributed by atoms with van der Waals surface area (Å²) in [6, 6.07) is 5.79. The van der Waals surface area contributed by atoms with Gasteiger partial charge in [0.25, 0.3) is 0 Å². The van der Waals surface area contributed by atoms with Crippen LogP contribution >= 0.6 is 0 Å². The van der Waals surface area contributed by atoms with Gasteiger partial charge in [-0.2, -0.15) is 4.98 Å². The van der Waals surface area contributed by atoms with Gasteiger partial charge >= 0.3 is 0 Å². The minimum atomic E-state index is -0.0824. The Bertz CT molecular complexity index is 920. The maximum Gasteiger partial charge on any atom is 0.227 e. The second kappa shape index (κ2) is 8.64. The van der Waals surface area contributed by atoms with Crippen LogP contribution in [-0.4, -0.2) is 69.5 Å². The summed E-state index contributed by atoms with van der Waals surface area (Å²) in [4.78, 5) is 40.0. The van der Waals surface area contributed by atoms with Crippen LogP contribution in [-0.2, 0) is 16.0 Å². The molecule has 0 spiro atoms. The largest absolute Gasteiger partial charge is 0.353 e. The van der Waals surface area contributed by atoms with E-state index in [0.29, 0.717) is 37.6 Å². The van der Waals surface area contributed by atoms with Gasteiger partial charge in [-0.25, -0.2) is 4.98 Å². The molecule has 5 rings (SSSR count). The molecule has 1 atom stereocenters. The highest BCUT2D eigenvalue weighted by Gasteiger charge is 2.40. The summed E-state index contributed by atoms with van der Waals surface area (Å²) >= 11 is 0. The number of carbonyl (C=O) groups is 2. The molecule has 0 radical (unpaired) electrons. The van der Waals surface area contributed by atoms with Crippen molar-refractivity contribution in [2.24, 2.45) is 5.92 Å². The Labute approximate surface area is 181 Å². The van der Waals surface area contributed by atoms with E-state index in [9.17, 15) is 9.59 Å². The number of rotatable bonds is 6. The molecule has 164 valence electrons. The number of hydrogen-bond donors (Lipinski definition) is 0. The molecule has 2 amide bonds. The number of amides is 2. The molecule has 4 heterocycles. The number of likely N-dealkylation sites (tertiary alicyclic amines) is 1. The Hall–Kier alpha value is -2.97. The van der Waals surface area contributed by atoms with Crippen molar-refractivity contribution in [3.63, 3.8) is 0 Å². The number of nitrogens with zero attached hydrogens (tertiary/aromatic N) is 6. The fraction of sp³-hybridized carbons (Fsp3) is 0.591. The summed E-state index contributed by atoms with van der Waals surface area (Å²) in [5.74, 6) is 2.54. The molecular weight excluding hydrogens is 396 g/mol. The third-order valence-corrected chi connectivity index (χ3v) is 6.40. The Morgan fingerprint density at radius 1 is 1.06 bits per heavy atom. The van der Waals surface area contributed by atoms with Crippen LogP contribution in [0.4, 0.5) is 5.82 Å². The van der Waals surface area contributed by atoms with Crippen molar-refractivity contribution < 1.29 is 14.1 Å². The Morgan fingerprint density at radius 2 is 1.90 bits per heavy atom. The van der Waals surface area contributed by atoms with Gasteiger partial charge in [0.1, 0.15) is 5.82 Å². The average Bonchev–Trinajstić information content (AvgIpc) is 3.36. The van der Waals surface area contributed by atoms with Gasteiger partial charge in [0.2, 0.25) is 17.7 Å². The topological polar surface area (TPSA) is 95.7 Å². The lowest BCUT2D eigenvalue weighted by Crippen LogP contribution is -2.49. The molecule has 2 aromatic rings. The smallest absolute Gasteiger partial charge is 0.227 e. The maximum atomic E-state index is 12.6. The molecule has 9 nitrogen and oxygen atoms in total. The van der Waals surface area contributed by atoms with Crippen LogP contribution in [0, 0.1) is 5.92 Å². The molecule has 1 unspecified atom stereocenters. The number of aryl methyl sites for hydroxylation is 1. The normalized spacial score (nSPS) is 21.5. The lowest BCUT2D eigenvalue weighted by atomic mass is 10.2. The fourth-order valence-electron chi connectivity index (χ4n) is 4.47. The minimum absolute atomic E-state index is 0.0824. The van der Waals surface area contributed by atoms with Crippen molar-refractivity contribution in [1.82, 2.24) is 24.9 Å². The van der Waals surface area contributed by atoms with Crippen molar-refractivity contribution >= 4 is 17.6 Å². The van der Waals surface area contributed by atoms with Crippen LogP contribution < -0.4 is 4.90 Å². The molecule has 3 aliphatic rings. The summed E-state index contributed by atoms with van der Waals surface area (Å²) in [5, 5.41) is 4.13. The molecule has 3 fully saturated rings. The van der Waals surface area contributed by atoms with Crippen LogP contribution in [0.2, 0.25) is 0 Å². The number of anilines is 1. The second-order valence-electron chi connectivity index (χ2n) is 8.57. The highest BCUT2D eigenvalue weighted by molar-refractivity contribution is 5.81. The lowest BCUT2D eigenvalue weighted by Gasteiger charge is -2.35. The minimum Gasteiger partial charge on any atom is -0.353 e. The fourth-order valence-corrected chi connectivity index (χ4v) is 4.47. The number of aromatic nitrogens is 3. The maximum absolute atomic E-state index is 12.6. The molecular formula is C22H28N6O3. The first-order valence-electron chi connectivity index (χ1n) is 11.3. The molecule has 0 aromatic carbocycles. The van der Waals surface area contributed by atoms with E-state index >= 15 is 0 Å². The Kier molecular flexibility index (Phi) is 5.57. The van der Waals surface area contributed by atoms with Gasteiger partial charge in [0.15, 0.2) is 5.82 Å². The van der Waals surface area contributed by atoms with Crippen LogP contribution in [0.5, 0.6) is 0 Å². The number of piperazine rings is 1. The van der Waals surface area contributed by atoms with Crippen molar-refractivity contribution in [3.05, 3.63) is 36.1 Å². The molecule has 31 heavy (non-hydrogen) atoms. The number of hydrogen-bond acceptors (Lipinski definition) is 7. The molecule has 2 aromatic heterocycles. The van der Waals surface area contributed by atoms with Gasteiger partial charge in [0, 0.05) is 57.7 Å². The predicted molar refractivity (Wildman–Crippen MR) is 112 cm³/mol. The third kappa shape index (κ3) is 4.40. The molecule has 1 saturated carbocycles. The van der Waals surface area contributed by atoms with E-state index in [1.54, 1.807) is 6.20 Å². The average molecular weight is 425 g/mol. The van der Waals surface area contributed by atoms with E-state index in [1.165, 1.54) is 0 Å². The standard InChI is InChI=1S/C22H28N6O3/c29-20(27-14-12-26(13-15-27)18-5-1-2-10-23-18)9-8-19-24-21(25-31-19)17-4-3-11-28(17)22(30)16-6-7-16/h1-2,5,10,16-17H,3-4,6-9,11-15H2. The number of carbonyl (C=O) groups excluding carboxylic acids is 2. The zero-order chi connectivity index (χ0) is 21.2. The molecule has 2 aliphatic heterocycles. The monoisotopic (exact) mass is 424 g/mol. The summed E-state index contributed by atoms with van der Waals surface area (Å²) in [6.07, 6.45) is 6.40. The molecule has 1 aliphatic carbocycles. The van der Waals surface area contributed by atoms with Crippen molar-refractivity contribution in [1.29, 1.82) is 0 Å². The van der Waals surface area contributed by atoms with Gasteiger partial charge in [-0.3, -0.25) is 9.59 Å². The van der Waals surface area contributed by atoms with Crippen molar-refractivity contribution in [2.75, 3.05) is 37.6 Å². The second-order valence-corrected chi connectivity index (χ2v) is 8.57. The van der Waals surface area contributed by atoms with E-state index in [4.69, 9.17) is 4.52 Å². The first kappa shape index (κ1) is 20.0. The Morgan fingerprint density at radius 3 is 2.65 bits per heavy atom. The van der Waals surface area contributed by atoms with Crippen LogP contribution in [0.1, 0.15) is 49.9 Å². The molecule has 9 heteroatoms. The molecule has 0 bridgehead atoms. The summed E-state index contributed by atoms with van der Waals surface area (Å²) < 4.78 is 5.41. The molecule has 2 saturated heterocycles. The van der Waals surface area contributed by atoms with Gasteiger partial charge in [-0.15, -0.1) is 0 Å². The van der Waals surface area contributed by atoms with Gasteiger partial charge < -0.3 is 19.2 Å². The molecule has 0 N–H and O–H groups in total. The van der Waals surface area contributed by atoms with Gasteiger partial charge in [0.05, 0.1) is 6.04 Å². The predicted octanol–water partition coefficient (Wildman–Crippen LogP) is 1.82. The van der Waals surface area contributed by atoms with Crippen LogP contribution in [0.3, 0.4) is 0 Å². The van der Waals surface area contributed by atoms with E-state index in [0.717, 1.165) is 51.1 Å². The highest BCUT2D eigenvalue weighted by atomic mass is 16.5. The first-order valence-corrected chi connectivity index (χ1v) is 11.3. The summed E-state index contributed by atoms with van der Waals surface area (Å²) in [7, 11) is 0. The quantitative estimate of drug-likeness (QED) is 0.698. The SMILES string of the molecule is O=C(CCc1nc(C2CCCN2C(=O)C2CC2)no1)N1CCN(c2ccccn2)CC1. The highest BCUT2D eigenvalue weighted by Crippen LogP contribution is 2.37. The zero-order valence-corrected chi connectivity index (χ0v) is 17.7. The van der Waals surface area contributed by atoms with Gasteiger partial charge in [-0.1, -0.05) is 11.2 Å². The Balaban J connectivity index is 1.11. The lowest BCUT2D eigenvalue weighted by molar-refractivity contribution is -0.133. The third-order valence-electron chi connectivity index (χ3n) is 6.40. The van der Waals surface area contributed by atoms with E-state index < -0.39 is 0 Å². The summed E-state index contributed by atoms with van der Waals surface area (Å²) in [6.45, 7) is 3.70.